The summed E-state index contributed by atoms with van der Waals surface area (Å²) in [4.78, 5) is 17.2. The molecule has 0 aliphatic heterocycles. The number of hydrogen-bond acceptors (Lipinski definition) is 2. The van der Waals surface area contributed by atoms with Gasteiger partial charge in [0.25, 0.3) is 5.56 Å². The minimum Gasteiger partial charge on any atom is -0.378 e. The second kappa shape index (κ2) is 4.85. The van der Waals surface area contributed by atoms with E-state index in [-0.39, 0.29) is 5.56 Å². The first-order valence-corrected chi connectivity index (χ1v) is 6.55. The van der Waals surface area contributed by atoms with Crippen LogP contribution in [0.3, 0.4) is 0 Å². The van der Waals surface area contributed by atoms with Crippen molar-refractivity contribution in [1.29, 1.82) is 0 Å². The number of H-pyrrole nitrogens is 1. The van der Waals surface area contributed by atoms with Gasteiger partial charge in [-0.2, -0.15) is 0 Å². The third-order valence-electron chi connectivity index (χ3n) is 3.43. The minimum absolute atomic E-state index is 0.0494. The van der Waals surface area contributed by atoms with Crippen molar-refractivity contribution in [3.05, 3.63) is 65.0 Å². The van der Waals surface area contributed by atoms with Crippen LogP contribution in [0.25, 0.3) is 22.0 Å². The smallest absolute Gasteiger partial charge is 0.256 e. The molecule has 3 heteroatoms. The average Bonchev–Trinajstić information content (AvgIpc) is 2.47. The van der Waals surface area contributed by atoms with E-state index in [0.717, 1.165) is 27.7 Å². The lowest BCUT2D eigenvalue weighted by molar-refractivity contribution is 1.13. The van der Waals surface area contributed by atoms with Gasteiger partial charge in [0.1, 0.15) is 0 Å². The molecule has 0 spiro atoms. The van der Waals surface area contributed by atoms with Crippen LogP contribution in [-0.4, -0.2) is 19.1 Å². The second-order valence-electron chi connectivity index (χ2n) is 5.04. The molecule has 1 heterocycles. The van der Waals surface area contributed by atoms with Crippen molar-refractivity contribution in [2.45, 2.75) is 0 Å². The highest BCUT2D eigenvalue weighted by Gasteiger charge is 2.05. The lowest BCUT2D eigenvalue weighted by Gasteiger charge is -2.13. The van der Waals surface area contributed by atoms with Crippen LogP contribution in [0, 0.1) is 0 Å². The number of fused-ring (bicyclic) bond motifs is 1. The molecule has 0 aliphatic carbocycles. The van der Waals surface area contributed by atoms with Crippen molar-refractivity contribution in [3.63, 3.8) is 0 Å². The van der Waals surface area contributed by atoms with Crippen LogP contribution in [0.5, 0.6) is 0 Å². The molecule has 3 aromatic rings. The van der Waals surface area contributed by atoms with Gasteiger partial charge in [-0.3, -0.25) is 4.79 Å². The molecule has 20 heavy (non-hydrogen) atoms. The Balaban J connectivity index is 2.24. The fraction of sp³-hybridized carbons (Fsp3) is 0.118. The number of hydrogen-bond donors (Lipinski definition) is 1. The zero-order valence-corrected chi connectivity index (χ0v) is 11.6. The van der Waals surface area contributed by atoms with Crippen LogP contribution in [0.1, 0.15) is 0 Å². The second-order valence-corrected chi connectivity index (χ2v) is 5.04. The van der Waals surface area contributed by atoms with E-state index in [4.69, 9.17) is 0 Å². The maximum atomic E-state index is 12.2. The number of nitrogens with one attached hydrogen (secondary N) is 1. The van der Waals surface area contributed by atoms with Crippen molar-refractivity contribution in [2.75, 3.05) is 19.0 Å². The van der Waals surface area contributed by atoms with Crippen LogP contribution in [0.15, 0.2) is 59.4 Å². The molecule has 0 aliphatic rings. The predicted octanol–water partition coefficient (Wildman–Crippen LogP) is 3.26. The molecular formula is C17H16N2O. The Labute approximate surface area is 117 Å². The SMILES string of the molecule is CN(C)c1ccc2c(=O)[nH]c(-c3ccccc3)cc2c1. The first kappa shape index (κ1) is 12.5. The van der Waals surface area contributed by atoms with Gasteiger partial charge in [-0.15, -0.1) is 0 Å². The largest absolute Gasteiger partial charge is 0.378 e. The molecule has 0 atom stereocenters. The van der Waals surface area contributed by atoms with Gasteiger partial charge in [0.05, 0.1) is 0 Å². The molecule has 3 rings (SSSR count). The lowest BCUT2D eigenvalue weighted by atomic mass is 10.1. The number of pyridine rings is 1. The topological polar surface area (TPSA) is 36.1 Å². The molecule has 100 valence electrons. The van der Waals surface area contributed by atoms with E-state index in [1.165, 1.54) is 0 Å². The minimum atomic E-state index is -0.0494. The Kier molecular flexibility index (Phi) is 3.03. The molecule has 0 saturated carbocycles. The zero-order valence-electron chi connectivity index (χ0n) is 11.6. The van der Waals surface area contributed by atoms with Gasteiger partial charge in [0, 0.05) is 30.9 Å². The standard InChI is InChI=1S/C17H16N2O/c1-19(2)14-8-9-15-13(10-14)11-16(18-17(15)20)12-6-4-3-5-7-12/h3-11H,1-2H3,(H,18,20). The Bertz CT molecular complexity index is 804. The van der Waals surface area contributed by atoms with Crippen molar-refractivity contribution in [2.24, 2.45) is 0 Å². The molecule has 0 radical (unpaired) electrons. The van der Waals surface area contributed by atoms with Crippen LogP contribution < -0.4 is 10.5 Å². The number of rotatable bonds is 2. The first-order valence-electron chi connectivity index (χ1n) is 6.55. The molecule has 0 saturated heterocycles. The predicted molar refractivity (Wildman–Crippen MR) is 84.3 cm³/mol. The molecule has 1 aromatic heterocycles. The third kappa shape index (κ3) is 2.18. The van der Waals surface area contributed by atoms with E-state index in [1.54, 1.807) is 0 Å². The number of aromatic nitrogens is 1. The number of nitrogens with zero attached hydrogens (tertiary/aromatic N) is 1. The third-order valence-corrected chi connectivity index (χ3v) is 3.43. The van der Waals surface area contributed by atoms with Gasteiger partial charge in [0.15, 0.2) is 0 Å². The van der Waals surface area contributed by atoms with Gasteiger partial charge in [-0.25, -0.2) is 0 Å². The summed E-state index contributed by atoms with van der Waals surface area (Å²) in [6.07, 6.45) is 0. The van der Waals surface area contributed by atoms with E-state index in [1.807, 2.05) is 73.6 Å². The molecule has 2 aromatic carbocycles. The summed E-state index contributed by atoms with van der Waals surface area (Å²) in [6, 6.07) is 17.8. The maximum absolute atomic E-state index is 12.2. The monoisotopic (exact) mass is 264 g/mol. The highest BCUT2D eigenvalue weighted by atomic mass is 16.1. The van der Waals surface area contributed by atoms with E-state index in [9.17, 15) is 4.79 Å². The van der Waals surface area contributed by atoms with Gasteiger partial charge in [-0.1, -0.05) is 30.3 Å². The maximum Gasteiger partial charge on any atom is 0.256 e. The van der Waals surface area contributed by atoms with Gasteiger partial charge in [-0.05, 0) is 35.2 Å². The summed E-state index contributed by atoms with van der Waals surface area (Å²) in [6.45, 7) is 0. The van der Waals surface area contributed by atoms with Crippen LogP contribution in [0.4, 0.5) is 5.69 Å². The summed E-state index contributed by atoms with van der Waals surface area (Å²) < 4.78 is 0. The summed E-state index contributed by atoms with van der Waals surface area (Å²) >= 11 is 0. The number of anilines is 1. The summed E-state index contributed by atoms with van der Waals surface area (Å²) in [5, 5.41) is 1.68. The van der Waals surface area contributed by atoms with Crippen molar-refractivity contribution in [1.82, 2.24) is 4.98 Å². The molecule has 3 nitrogen and oxygen atoms in total. The van der Waals surface area contributed by atoms with E-state index < -0.39 is 0 Å². The van der Waals surface area contributed by atoms with Crippen molar-refractivity contribution < 1.29 is 0 Å². The lowest BCUT2D eigenvalue weighted by Crippen LogP contribution is -2.10. The van der Waals surface area contributed by atoms with Gasteiger partial charge < -0.3 is 9.88 Å². The molecule has 0 amide bonds. The fourth-order valence-electron chi connectivity index (χ4n) is 2.31. The average molecular weight is 264 g/mol. The first-order chi connectivity index (χ1) is 9.65. The summed E-state index contributed by atoms with van der Waals surface area (Å²) in [5.74, 6) is 0. The van der Waals surface area contributed by atoms with Crippen molar-refractivity contribution in [3.8, 4) is 11.3 Å². The Morgan fingerprint density at radius 1 is 0.950 bits per heavy atom. The van der Waals surface area contributed by atoms with Crippen LogP contribution in [-0.2, 0) is 0 Å². The molecule has 1 N–H and O–H groups in total. The summed E-state index contributed by atoms with van der Waals surface area (Å²) in [7, 11) is 3.99. The fourth-order valence-corrected chi connectivity index (χ4v) is 2.31. The Morgan fingerprint density at radius 3 is 2.40 bits per heavy atom. The molecular weight excluding hydrogens is 248 g/mol. The van der Waals surface area contributed by atoms with Gasteiger partial charge >= 0.3 is 0 Å². The number of benzene rings is 2. The normalized spacial score (nSPS) is 10.7. The van der Waals surface area contributed by atoms with Crippen molar-refractivity contribution >= 4 is 16.5 Å². The zero-order chi connectivity index (χ0) is 14.1. The van der Waals surface area contributed by atoms with E-state index >= 15 is 0 Å². The highest BCUT2D eigenvalue weighted by molar-refractivity contribution is 5.88. The Morgan fingerprint density at radius 2 is 1.70 bits per heavy atom. The number of aromatic amines is 1. The molecule has 0 fully saturated rings. The van der Waals surface area contributed by atoms with Crippen LogP contribution in [0.2, 0.25) is 0 Å². The van der Waals surface area contributed by atoms with E-state index in [0.29, 0.717) is 0 Å². The Hall–Kier alpha value is -2.55. The van der Waals surface area contributed by atoms with Gasteiger partial charge in [0.2, 0.25) is 0 Å². The highest BCUT2D eigenvalue weighted by Crippen LogP contribution is 2.23. The van der Waals surface area contributed by atoms with E-state index in [2.05, 4.69) is 4.98 Å². The molecule has 0 bridgehead atoms. The molecule has 0 unspecified atom stereocenters. The summed E-state index contributed by atoms with van der Waals surface area (Å²) in [5.41, 5.74) is 2.90. The quantitative estimate of drug-likeness (QED) is 0.771. The van der Waals surface area contributed by atoms with Crippen LogP contribution >= 0.6 is 0 Å².